The zero-order valence-corrected chi connectivity index (χ0v) is 13.2. The van der Waals surface area contributed by atoms with Crippen molar-refractivity contribution in [1.82, 2.24) is 4.57 Å². The molecular weight excluding hydrogens is 272 g/mol. The lowest BCUT2D eigenvalue weighted by atomic mass is 10.1. The van der Waals surface area contributed by atoms with Crippen LogP contribution in [-0.4, -0.2) is 4.57 Å². The maximum absolute atomic E-state index is 5.94. The predicted molar refractivity (Wildman–Crippen MR) is 91.0 cm³/mol. The van der Waals surface area contributed by atoms with Gasteiger partial charge in [0.1, 0.15) is 12.4 Å². The summed E-state index contributed by atoms with van der Waals surface area (Å²) < 4.78 is 8.23. The molecule has 0 aliphatic heterocycles. The second-order valence-electron chi connectivity index (χ2n) is 5.54. The van der Waals surface area contributed by atoms with Gasteiger partial charge in [0.25, 0.3) is 0 Å². The zero-order valence-electron chi connectivity index (χ0n) is 13.2. The largest absolute Gasteiger partial charge is 0.487 e. The molecule has 3 rings (SSSR count). The van der Waals surface area contributed by atoms with Crippen LogP contribution in [0, 0.1) is 6.92 Å². The highest BCUT2D eigenvalue weighted by molar-refractivity contribution is 5.84. The van der Waals surface area contributed by atoms with Gasteiger partial charge in [-0.25, -0.2) is 0 Å². The second kappa shape index (κ2) is 6.24. The van der Waals surface area contributed by atoms with Crippen molar-refractivity contribution in [3.05, 3.63) is 65.4 Å². The van der Waals surface area contributed by atoms with E-state index in [1.165, 1.54) is 27.7 Å². The summed E-state index contributed by atoms with van der Waals surface area (Å²) in [5, 5.41) is 1.23. The topological polar surface area (TPSA) is 40.2 Å². The number of rotatable bonds is 5. The summed E-state index contributed by atoms with van der Waals surface area (Å²) in [4.78, 5) is 0. The van der Waals surface area contributed by atoms with Crippen LogP contribution in [0.4, 0.5) is 0 Å². The van der Waals surface area contributed by atoms with Crippen molar-refractivity contribution in [1.29, 1.82) is 0 Å². The highest BCUT2D eigenvalue weighted by Gasteiger charge is 2.10. The molecule has 0 radical (unpaired) electrons. The van der Waals surface area contributed by atoms with E-state index in [0.717, 1.165) is 12.3 Å². The van der Waals surface area contributed by atoms with Gasteiger partial charge in [-0.2, -0.15) is 0 Å². The Hall–Kier alpha value is -2.26. The lowest BCUT2D eigenvalue weighted by molar-refractivity contribution is 0.296. The van der Waals surface area contributed by atoms with Crippen molar-refractivity contribution < 1.29 is 4.74 Å². The summed E-state index contributed by atoms with van der Waals surface area (Å²) in [7, 11) is 0. The van der Waals surface area contributed by atoms with Crippen molar-refractivity contribution in [3.63, 3.8) is 0 Å². The quantitative estimate of drug-likeness (QED) is 0.772. The van der Waals surface area contributed by atoms with E-state index >= 15 is 0 Å². The number of aryl methyl sites for hydroxylation is 2. The first-order chi connectivity index (χ1) is 10.7. The summed E-state index contributed by atoms with van der Waals surface area (Å²) in [5.41, 5.74) is 10.7. The third kappa shape index (κ3) is 2.72. The Bertz CT molecular complexity index is 772. The normalized spacial score (nSPS) is 11.0. The predicted octanol–water partition coefficient (Wildman–Crippen LogP) is 4.01. The lowest BCUT2D eigenvalue weighted by Crippen LogP contribution is -2.04. The Morgan fingerprint density at radius 1 is 1.09 bits per heavy atom. The number of nitrogens with two attached hydrogens (primary N) is 1. The molecule has 0 fully saturated rings. The minimum atomic E-state index is 0.559. The van der Waals surface area contributed by atoms with Crippen LogP contribution >= 0.6 is 0 Å². The first-order valence-electron chi connectivity index (χ1n) is 7.72. The summed E-state index contributed by atoms with van der Waals surface area (Å²) in [6.45, 7) is 6.28. The van der Waals surface area contributed by atoms with Crippen LogP contribution in [0.3, 0.4) is 0 Å². The summed E-state index contributed by atoms with van der Waals surface area (Å²) in [6, 6.07) is 16.7. The first-order valence-corrected chi connectivity index (χ1v) is 7.72. The van der Waals surface area contributed by atoms with Gasteiger partial charge in [-0.15, -0.1) is 0 Å². The van der Waals surface area contributed by atoms with Crippen LogP contribution in [0.25, 0.3) is 10.9 Å². The van der Waals surface area contributed by atoms with E-state index in [1.54, 1.807) is 0 Å². The number of nitrogens with zero attached hydrogens (tertiary/aromatic N) is 1. The molecule has 3 nitrogen and oxygen atoms in total. The van der Waals surface area contributed by atoms with Gasteiger partial charge in [-0.3, -0.25) is 0 Å². The zero-order chi connectivity index (χ0) is 15.5. The number of aromatic nitrogens is 1. The van der Waals surface area contributed by atoms with E-state index in [-0.39, 0.29) is 0 Å². The van der Waals surface area contributed by atoms with Gasteiger partial charge in [-0.1, -0.05) is 29.8 Å². The Labute approximate surface area is 131 Å². The van der Waals surface area contributed by atoms with Crippen LogP contribution in [0.2, 0.25) is 0 Å². The summed E-state index contributed by atoms with van der Waals surface area (Å²) >= 11 is 0. The lowest BCUT2D eigenvalue weighted by Gasteiger charge is -2.10. The van der Waals surface area contributed by atoms with Crippen molar-refractivity contribution in [2.24, 2.45) is 5.73 Å². The maximum atomic E-state index is 5.94. The molecule has 0 saturated carbocycles. The van der Waals surface area contributed by atoms with Crippen molar-refractivity contribution >= 4 is 10.9 Å². The highest BCUT2D eigenvalue weighted by atomic mass is 16.5. The van der Waals surface area contributed by atoms with Crippen LogP contribution in [0.5, 0.6) is 5.75 Å². The molecule has 0 aliphatic carbocycles. The standard InChI is InChI=1S/C19H22N2O/c1-3-21-16(13-22-17-9-7-14(2)8-10-17)11-18-15(12-20)5-4-6-19(18)21/h4-11H,3,12-13,20H2,1-2H3. The van der Waals surface area contributed by atoms with Gasteiger partial charge in [-0.05, 0) is 43.7 Å². The molecule has 0 amide bonds. The van der Waals surface area contributed by atoms with Gasteiger partial charge < -0.3 is 15.0 Å². The summed E-state index contributed by atoms with van der Waals surface area (Å²) in [6.07, 6.45) is 0. The van der Waals surface area contributed by atoms with E-state index < -0.39 is 0 Å². The van der Waals surface area contributed by atoms with Crippen molar-refractivity contribution in [2.75, 3.05) is 0 Å². The molecule has 0 unspecified atom stereocenters. The third-order valence-corrected chi connectivity index (χ3v) is 4.07. The minimum Gasteiger partial charge on any atom is -0.487 e. The van der Waals surface area contributed by atoms with E-state index in [4.69, 9.17) is 10.5 Å². The van der Waals surface area contributed by atoms with Crippen LogP contribution in [0.15, 0.2) is 48.5 Å². The monoisotopic (exact) mass is 294 g/mol. The van der Waals surface area contributed by atoms with Gasteiger partial charge >= 0.3 is 0 Å². The van der Waals surface area contributed by atoms with Crippen LogP contribution in [0.1, 0.15) is 23.7 Å². The van der Waals surface area contributed by atoms with Crippen LogP contribution < -0.4 is 10.5 Å². The van der Waals surface area contributed by atoms with Gasteiger partial charge in [0.2, 0.25) is 0 Å². The fourth-order valence-electron chi connectivity index (χ4n) is 2.86. The number of hydrogen-bond acceptors (Lipinski definition) is 2. The van der Waals surface area contributed by atoms with E-state index in [9.17, 15) is 0 Å². The van der Waals surface area contributed by atoms with Gasteiger partial charge in [0.15, 0.2) is 0 Å². The highest BCUT2D eigenvalue weighted by Crippen LogP contribution is 2.24. The smallest absolute Gasteiger partial charge is 0.128 e. The number of hydrogen-bond donors (Lipinski definition) is 1. The molecule has 1 heterocycles. The molecule has 1 aromatic heterocycles. The third-order valence-electron chi connectivity index (χ3n) is 4.07. The molecule has 0 aliphatic rings. The fourth-order valence-corrected chi connectivity index (χ4v) is 2.86. The molecule has 22 heavy (non-hydrogen) atoms. The molecule has 0 spiro atoms. The molecule has 2 N–H and O–H groups in total. The molecule has 2 aromatic carbocycles. The molecule has 114 valence electrons. The molecule has 0 saturated heterocycles. The first kappa shape index (κ1) is 14.7. The SMILES string of the molecule is CCn1c(COc2ccc(C)cc2)cc2c(CN)cccc21. The van der Waals surface area contributed by atoms with E-state index in [2.05, 4.69) is 54.8 Å². The number of ether oxygens (including phenoxy) is 1. The van der Waals surface area contributed by atoms with E-state index in [1.807, 2.05) is 12.1 Å². The average molecular weight is 294 g/mol. The van der Waals surface area contributed by atoms with Gasteiger partial charge in [0.05, 0.1) is 5.69 Å². The van der Waals surface area contributed by atoms with Crippen LogP contribution in [-0.2, 0) is 19.7 Å². The second-order valence-corrected chi connectivity index (χ2v) is 5.54. The Kier molecular flexibility index (Phi) is 4.16. The molecular formula is C19H22N2O. The average Bonchev–Trinajstić information content (AvgIpc) is 2.91. The molecule has 3 aromatic rings. The van der Waals surface area contributed by atoms with E-state index in [0.29, 0.717) is 13.2 Å². The Morgan fingerprint density at radius 3 is 2.55 bits per heavy atom. The maximum Gasteiger partial charge on any atom is 0.128 e. The van der Waals surface area contributed by atoms with Gasteiger partial charge in [0, 0.05) is 24.0 Å². The Morgan fingerprint density at radius 2 is 1.86 bits per heavy atom. The fraction of sp³-hybridized carbons (Fsp3) is 0.263. The van der Waals surface area contributed by atoms with Crippen molar-refractivity contribution in [3.8, 4) is 5.75 Å². The van der Waals surface area contributed by atoms with Crippen molar-refractivity contribution in [2.45, 2.75) is 33.5 Å². The summed E-state index contributed by atoms with van der Waals surface area (Å²) in [5.74, 6) is 0.901. The molecule has 0 bridgehead atoms. The minimum absolute atomic E-state index is 0.559. The molecule has 3 heteroatoms. The number of benzene rings is 2. The number of fused-ring (bicyclic) bond motifs is 1. The Balaban J connectivity index is 1.91. The molecule has 0 atom stereocenters.